The summed E-state index contributed by atoms with van der Waals surface area (Å²) >= 11 is 3.47. The number of halogens is 1. The average molecular weight is 333 g/mol. The summed E-state index contributed by atoms with van der Waals surface area (Å²) in [6.07, 6.45) is 0. The minimum absolute atomic E-state index is 0.299. The molecule has 0 saturated carbocycles. The fraction of sp³-hybridized carbons (Fsp3) is 0.133. The second-order valence-electron chi connectivity index (χ2n) is 4.60. The molecular weight excluding hydrogens is 320 g/mol. The maximum absolute atomic E-state index is 11.1. The van der Waals surface area contributed by atoms with E-state index in [1.165, 1.54) is 0 Å². The number of hydrogen-bond acceptors (Lipinski definition) is 3. The molecule has 2 aromatic rings. The molecule has 102 valence electrons. The van der Waals surface area contributed by atoms with Crippen LogP contribution in [0, 0.1) is 0 Å². The number of anilines is 3. The van der Waals surface area contributed by atoms with Crippen LogP contribution in [0.4, 0.5) is 17.1 Å². The van der Waals surface area contributed by atoms with Gasteiger partial charge in [0.1, 0.15) is 0 Å². The zero-order chi connectivity index (χ0) is 14.1. The predicted molar refractivity (Wildman–Crippen MR) is 83.0 cm³/mol. The monoisotopic (exact) mass is 332 g/mol. The number of benzene rings is 2. The fourth-order valence-electron chi connectivity index (χ4n) is 2.37. The molecule has 1 heterocycles. The van der Waals surface area contributed by atoms with Crippen molar-refractivity contribution in [1.29, 1.82) is 0 Å². The van der Waals surface area contributed by atoms with Gasteiger partial charge in [-0.3, -0.25) is 0 Å². The molecule has 0 spiro atoms. The Bertz CT molecular complexity index is 673. The number of nitrogens with zero attached hydrogens (tertiary/aromatic N) is 1. The molecule has 0 saturated heterocycles. The summed E-state index contributed by atoms with van der Waals surface area (Å²) < 4.78 is 1.00. The van der Waals surface area contributed by atoms with E-state index in [1.807, 2.05) is 30.3 Å². The number of rotatable bonds is 2. The van der Waals surface area contributed by atoms with Crippen molar-refractivity contribution in [2.24, 2.45) is 0 Å². The third-order valence-corrected chi connectivity index (χ3v) is 3.80. The smallest absolute Gasteiger partial charge is 0.335 e. The molecular formula is C15H13BrN2O2. The number of nitrogens with one attached hydrogen (secondary N) is 1. The topological polar surface area (TPSA) is 52.6 Å². The highest BCUT2D eigenvalue weighted by molar-refractivity contribution is 9.10. The van der Waals surface area contributed by atoms with Gasteiger partial charge in [-0.15, -0.1) is 0 Å². The summed E-state index contributed by atoms with van der Waals surface area (Å²) in [6, 6.07) is 13.2. The Kier molecular flexibility index (Phi) is 3.36. The first kappa shape index (κ1) is 13.0. The highest BCUT2D eigenvalue weighted by Crippen LogP contribution is 2.36. The summed E-state index contributed by atoms with van der Waals surface area (Å²) in [5.41, 5.74) is 3.20. The van der Waals surface area contributed by atoms with Crippen LogP contribution in [0.25, 0.3) is 0 Å². The van der Waals surface area contributed by atoms with E-state index in [0.717, 1.165) is 34.6 Å². The van der Waals surface area contributed by atoms with Crippen LogP contribution in [0.15, 0.2) is 46.9 Å². The van der Waals surface area contributed by atoms with Crippen molar-refractivity contribution in [2.75, 3.05) is 23.3 Å². The lowest BCUT2D eigenvalue weighted by Gasteiger charge is -2.32. The molecule has 0 amide bonds. The summed E-state index contributed by atoms with van der Waals surface area (Å²) in [5, 5.41) is 12.4. The molecule has 1 aliphatic heterocycles. The van der Waals surface area contributed by atoms with E-state index in [0.29, 0.717) is 5.56 Å². The van der Waals surface area contributed by atoms with E-state index in [-0.39, 0.29) is 0 Å². The Labute approximate surface area is 125 Å². The molecule has 0 aromatic heterocycles. The highest BCUT2D eigenvalue weighted by Gasteiger charge is 2.19. The molecule has 20 heavy (non-hydrogen) atoms. The molecule has 0 fully saturated rings. The maximum atomic E-state index is 11.1. The molecule has 0 radical (unpaired) electrons. The van der Waals surface area contributed by atoms with Crippen LogP contribution in [0.3, 0.4) is 0 Å². The van der Waals surface area contributed by atoms with Crippen molar-refractivity contribution in [3.63, 3.8) is 0 Å². The first-order chi connectivity index (χ1) is 9.65. The lowest BCUT2D eigenvalue weighted by atomic mass is 10.1. The van der Waals surface area contributed by atoms with Crippen molar-refractivity contribution in [2.45, 2.75) is 0 Å². The van der Waals surface area contributed by atoms with Crippen LogP contribution in [0.2, 0.25) is 0 Å². The van der Waals surface area contributed by atoms with Gasteiger partial charge in [0.2, 0.25) is 0 Å². The van der Waals surface area contributed by atoms with Crippen LogP contribution in [0.1, 0.15) is 10.4 Å². The average Bonchev–Trinajstić information content (AvgIpc) is 2.46. The molecule has 2 N–H and O–H groups in total. The molecule has 0 aliphatic carbocycles. The van der Waals surface area contributed by atoms with Crippen LogP contribution in [0.5, 0.6) is 0 Å². The van der Waals surface area contributed by atoms with Gasteiger partial charge in [0, 0.05) is 23.2 Å². The minimum Gasteiger partial charge on any atom is -0.478 e. The number of aromatic carboxylic acids is 1. The van der Waals surface area contributed by atoms with E-state index in [2.05, 4.69) is 26.1 Å². The lowest BCUT2D eigenvalue weighted by Crippen LogP contribution is -2.30. The van der Waals surface area contributed by atoms with Gasteiger partial charge in [0.05, 0.1) is 16.9 Å². The van der Waals surface area contributed by atoms with E-state index in [1.54, 1.807) is 12.1 Å². The second kappa shape index (κ2) is 5.17. The molecule has 2 aromatic carbocycles. The number of hydrogen-bond donors (Lipinski definition) is 2. The first-order valence-electron chi connectivity index (χ1n) is 6.29. The molecule has 0 bridgehead atoms. The second-order valence-corrected chi connectivity index (χ2v) is 5.51. The Morgan fingerprint density at radius 1 is 1.25 bits per heavy atom. The third-order valence-electron chi connectivity index (χ3n) is 3.31. The van der Waals surface area contributed by atoms with E-state index in [9.17, 15) is 4.79 Å². The minimum atomic E-state index is -0.910. The van der Waals surface area contributed by atoms with Crippen molar-refractivity contribution in [3.8, 4) is 0 Å². The van der Waals surface area contributed by atoms with Gasteiger partial charge in [-0.1, -0.05) is 22.0 Å². The fourth-order valence-corrected chi connectivity index (χ4v) is 2.76. The van der Waals surface area contributed by atoms with Gasteiger partial charge >= 0.3 is 5.97 Å². The van der Waals surface area contributed by atoms with Gasteiger partial charge in [-0.2, -0.15) is 0 Å². The zero-order valence-corrected chi connectivity index (χ0v) is 12.2. The van der Waals surface area contributed by atoms with E-state index in [4.69, 9.17) is 5.11 Å². The molecule has 5 heteroatoms. The SMILES string of the molecule is O=C(O)c1ccc2c(c1)N(c1cccc(Br)c1)CCN2. The van der Waals surface area contributed by atoms with Crippen molar-refractivity contribution < 1.29 is 9.90 Å². The summed E-state index contributed by atoms with van der Waals surface area (Å²) in [7, 11) is 0. The van der Waals surface area contributed by atoms with Gasteiger partial charge in [0.15, 0.2) is 0 Å². The summed E-state index contributed by atoms with van der Waals surface area (Å²) in [5.74, 6) is -0.910. The molecule has 3 rings (SSSR count). The molecule has 0 unspecified atom stereocenters. The predicted octanol–water partition coefficient (Wildman–Crippen LogP) is 3.71. The molecule has 1 aliphatic rings. The largest absolute Gasteiger partial charge is 0.478 e. The maximum Gasteiger partial charge on any atom is 0.335 e. The molecule has 0 atom stereocenters. The quantitative estimate of drug-likeness (QED) is 0.880. The third kappa shape index (κ3) is 2.36. The van der Waals surface area contributed by atoms with Crippen molar-refractivity contribution >= 4 is 39.0 Å². The van der Waals surface area contributed by atoms with Crippen LogP contribution in [-0.4, -0.2) is 24.2 Å². The number of carbonyl (C=O) groups is 1. The Morgan fingerprint density at radius 2 is 2.10 bits per heavy atom. The van der Waals surface area contributed by atoms with Crippen molar-refractivity contribution in [1.82, 2.24) is 0 Å². The van der Waals surface area contributed by atoms with Crippen molar-refractivity contribution in [3.05, 3.63) is 52.5 Å². The Hall–Kier alpha value is -2.01. The molecule has 4 nitrogen and oxygen atoms in total. The summed E-state index contributed by atoms with van der Waals surface area (Å²) in [6.45, 7) is 1.62. The normalized spacial score (nSPS) is 13.6. The van der Waals surface area contributed by atoms with E-state index < -0.39 is 5.97 Å². The van der Waals surface area contributed by atoms with Crippen LogP contribution in [-0.2, 0) is 0 Å². The van der Waals surface area contributed by atoms with Gasteiger partial charge in [0.25, 0.3) is 0 Å². The summed E-state index contributed by atoms with van der Waals surface area (Å²) in [4.78, 5) is 13.3. The van der Waals surface area contributed by atoms with Gasteiger partial charge in [-0.25, -0.2) is 4.79 Å². The number of carboxylic acids is 1. The lowest BCUT2D eigenvalue weighted by molar-refractivity contribution is 0.0697. The number of carboxylic acid groups (broad SMARTS) is 1. The standard InChI is InChI=1S/C15H13BrN2O2/c16-11-2-1-3-12(9-11)18-7-6-17-13-5-4-10(15(19)20)8-14(13)18/h1-5,8-9,17H,6-7H2,(H,19,20). The number of fused-ring (bicyclic) bond motifs is 1. The van der Waals surface area contributed by atoms with E-state index >= 15 is 0 Å². The van der Waals surface area contributed by atoms with Gasteiger partial charge in [-0.05, 0) is 36.4 Å². The first-order valence-corrected chi connectivity index (χ1v) is 7.09. The van der Waals surface area contributed by atoms with Gasteiger partial charge < -0.3 is 15.3 Å². The zero-order valence-electron chi connectivity index (χ0n) is 10.6. The Balaban J connectivity index is 2.08. The highest BCUT2D eigenvalue weighted by atomic mass is 79.9. The van der Waals surface area contributed by atoms with Crippen LogP contribution >= 0.6 is 15.9 Å². The Morgan fingerprint density at radius 3 is 2.85 bits per heavy atom. The van der Waals surface area contributed by atoms with Crippen LogP contribution < -0.4 is 10.2 Å².